The zero-order chi connectivity index (χ0) is 18.2. The molecule has 2 aromatic rings. The first-order valence-corrected chi connectivity index (χ1v) is 7.63. The van der Waals surface area contributed by atoms with E-state index < -0.39 is 35.7 Å². The lowest BCUT2D eigenvalue weighted by Gasteiger charge is -2.22. The molecule has 1 amide bonds. The van der Waals surface area contributed by atoms with Crippen molar-refractivity contribution in [1.29, 1.82) is 0 Å². The van der Waals surface area contributed by atoms with E-state index in [0.717, 1.165) is 24.3 Å². The van der Waals surface area contributed by atoms with Crippen molar-refractivity contribution >= 4 is 5.91 Å². The first-order chi connectivity index (χ1) is 11.8. The molecule has 2 nitrogen and oxygen atoms in total. The molecule has 1 aliphatic rings. The molecule has 3 rings (SSSR count). The van der Waals surface area contributed by atoms with E-state index in [1.54, 1.807) is 6.07 Å². The van der Waals surface area contributed by atoms with E-state index in [1.165, 1.54) is 18.2 Å². The number of rotatable bonds is 4. The third-order valence-corrected chi connectivity index (χ3v) is 4.22. The fraction of sp³-hybridized carbons (Fsp3) is 0.278. The minimum atomic E-state index is -4.71. The molecule has 0 bridgehead atoms. The molecule has 132 valence electrons. The maximum atomic E-state index is 13.3. The fourth-order valence-electron chi connectivity index (χ4n) is 2.85. The van der Waals surface area contributed by atoms with Gasteiger partial charge in [-0.05, 0) is 47.7 Å². The SMILES string of the molecule is O=C(NC(c1ccc(F)cc1)C(F)(F)F)C1CC1c1cccc(F)c1. The van der Waals surface area contributed by atoms with Gasteiger partial charge in [-0.25, -0.2) is 8.78 Å². The van der Waals surface area contributed by atoms with Gasteiger partial charge in [-0.2, -0.15) is 13.2 Å². The minimum Gasteiger partial charge on any atom is -0.341 e. The third-order valence-electron chi connectivity index (χ3n) is 4.22. The van der Waals surface area contributed by atoms with Crippen LogP contribution >= 0.6 is 0 Å². The van der Waals surface area contributed by atoms with Crippen molar-refractivity contribution in [3.8, 4) is 0 Å². The van der Waals surface area contributed by atoms with Crippen molar-refractivity contribution in [1.82, 2.24) is 5.32 Å². The maximum absolute atomic E-state index is 13.3. The Labute approximate surface area is 140 Å². The van der Waals surface area contributed by atoms with Crippen LogP contribution < -0.4 is 5.32 Å². The van der Waals surface area contributed by atoms with E-state index in [-0.39, 0.29) is 11.5 Å². The van der Waals surface area contributed by atoms with Gasteiger partial charge >= 0.3 is 6.18 Å². The van der Waals surface area contributed by atoms with Crippen LogP contribution in [0, 0.1) is 17.6 Å². The Bertz CT molecular complexity index is 772. The highest BCUT2D eigenvalue weighted by atomic mass is 19.4. The molecule has 1 aliphatic carbocycles. The molecule has 2 aromatic carbocycles. The summed E-state index contributed by atoms with van der Waals surface area (Å²) in [6.07, 6.45) is -4.35. The highest BCUT2D eigenvalue weighted by Crippen LogP contribution is 2.48. The summed E-state index contributed by atoms with van der Waals surface area (Å²) in [6, 6.07) is 7.26. The van der Waals surface area contributed by atoms with Gasteiger partial charge in [0.15, 0.2) is 6.04 Å². The van der Waals surface area contributed by atoms with Gasteiger partial charge in [0.05, 0.1) is 0 Å². The number of hydrogen-bond donors (Lipinski definition) is 1. The molecule has 1 fully saturated rings. The number of hydrogen-bond acceptors (Lipinski definition) is 1. The summed E-state index contributed by atoms with van der Waals surface area (Å²) < 4.78 is 65.9. The molecule has 25 heavy (non-hydrogen) atoms. The molecule has 0 heterocycles. The lowest BCUT2D eigenvalue weighted by Crippen LogP contribution is -2.39. The molecule has 1 saturated carbocycles. The molecular formula is C18H14F5NO. The van der Waals surface area contributed by atoms with Crippen LogP contribution in [0.5, 0.6) is 0 Å². The van der Waals surface area contributed by atoms with Crippen LogP contribution in [-0.4, -0.2) is 12.1 Å². The molecule has 3 atom stereocenters. The van der Waals surface area contributed by atoms with Crippen LogP contribution in [0.3, 0.4) is 0 Å². The van der Waals surface area contributed by atoms with Crippen LogP contribution in [-0.2, 0) is 4.79 Å². The van der Waals surface area contributed by atoms with E-state index in [2.05, 4.69) is 0 Å². The second kappa shape index (κ2) is 6.46. The van der Waals surface area contributed by atoms with Gasteiger partial charge in [0.1, 0.15) is 11.6 Å². The molecule has 1 N–H and O–H groups in total. The highest BCUT2D eigenvalue weighted by Gasteiger charge is 2.48. The van der Waals surface area contributed by atoms with Crippen molar-refractivity contribution in [2.24, 2.45) is 5.92 Å². The van der Waals surface area contributed by atoms with Crippen LogP contribution in [0.2, 0.25) is 0 Å². The summed E-state index contributed by atoms with van der Waals surface area (Å²) in [6.45, 7) is 0. The highest BCUT2D eigenvalue weighted by molar-refractivity contribution is 5.83. The fourth-order valence-corrected chi connectivity index (χ4v) is 2.85. The van der Waals surface area contributed by atoms with Crippen LogP contribution in [0.25, 0.3) is 0 Å². The summed E-state index contributed by atoms with van der Waals surface area (Å²) in [5.41, 5.74) is 0.343. The van der Waals surface area contributed by atoms with Gasteiger partial charge in [0, 0.05) is 5.92 Å². The molecule has 0 spiro atoms. The molecule has 7 heteroatoms. The van der Waals surface area contributed by atoms with Crippen molar-refractivity contribution < 1.29 is 26.7 Å². The Kier molecular flexibility index (Phi) is 4.49. The summed E-state index contributed by atoms with van der Waals surface area (Å²) in [5, 5.41) is 1.99. The van der Waals surface area contributed by atoms with Crippen molar-refractivity contribution in [2.75, 3.05) is 0 Å². The van der Waals surface area contributed by atoms with Gasteiger partial charge in [-0.15, -0.1) is 0 Å². The third kappa shape index (κ3) is 3.97. The van der Waals surface area contributed by atoms with Gasteiger partial charge < -0.3 is 5.32 Å². The van der Waals surface area contributed by atoms with E-state index in [4.69, 9.17) is 0 Å². The monoisotopic (exact) mass is 355 g/mol. The Balaban J connectivity index is 1.73. The van der Waals surface area contributed by atoms with Crippen molar-refractivity contribution in [3.63, 3.8) is 0 Å². The summed E-state index contributed by atoms with van der Waals surface area (Å²) >= 11 is 0. The Morgan fingerprint density at radius 2 is 1.72 bits per heavy atom. The van der Waals surface area contributed by atoms with Crippen LogP contribution in [0.1, 0.15) is 29.5 Å². The smallest absolute Gasteiger partial charge is 0.341 e. The molecular weight excluding hydrogens is 341 g/mol. The summed E-state index contributed by atoms with van der Waals surface area (Å²) in [4.78, 5) is 12.2. The zero-order valence-corrected chi connectivity index (χ0v) is 12.9. The lowest BCUT2D eigenvalue weighted by atomic mass is 10.1. The molecule has 0 aromatic heterocycles. The predicted octanol–water partition coefficient (Wildman–Crippen LogP) is 4.49. The van der Waals surface area contributed by atoms with E-state index in [0.29, 0.717) is 12.0 Å². The quantitative estimate of drug-likeness (QED) is 0.805. The van der Waals surface area contributed by atoms with Crippen LogP contribution in [0.4, 0.5) is 22.0 Å². The second-order valence-electron chi connectivity index (χ2n) is 6.04. The number of amides is 1. The number of carbonyl (C=O) groups excluding carboxylic acids is 1. The lowest BCUT2D eigenvalue weighted by molar-refractivity contribution is -0.163. The first-order valence-electron chi connectivity index (χ1n) is 7.63. The van der Waals surface area contributed by atoms with Gasteiger partial charge in [-0.3, -0.25) is 4.79 Å². The molecule has 0 radical (unpaired) electrons. The topological polar surface area (TPSA) is 29.1 Å². The average Bonchev–Trinajstić information content (AvgIpc) is 3.33. The Morgan fingerprint density at radius 3 is 2.32 bits per heavy atom. The predicted molar refractivity (Wildman–Crippen MR) is 80.6 cm³/mol. The Morgan fingerprint density at radius 1 is 1.04 bits per heavy atom. The number of benzene rings is 2. The van der Waals surface area contributed by atoms with E-state index in [9.17, 15) is 26.7 Å². The number of halogens is 5. The average molecular weight is 355 g/mol. The molecule has 0 saturated heterocycles. The largest absolute Gasteiger partial charge is 0.412 e. The maximum Gasteiger partial charge on any atom is 0.412 e. The van der Waals surface area contributed by atoms with Crippen molar-refractivity contribution in [2.45, 2.75) is 24.6 Å². The zero-order valence-electron chi connectivity index (χ0n) is 12.9. The van der Waals surface area contributed by atoms with Crippen LogP contribution in [0.15, 0.2) is 48.5 Å². The minimum absolute atomic E-state index is 0.245. The van der Waals surface area contributed by atoms with Gasteiger partial charge in [-0.1, -0.05) is 24.3 Å². The first kappa shape index (κ1) is 17.4. The van der Waals surface area contributed by atoms with Gasteiger partial charge in [0.2, 0.25) is 5.91 Å². The standard InChI is InChI=1S/C18H14F5NO/c19-12-6-4-10(5-7-12)16(18(21,22)23)24-17(25)15-9-14(15)11-2-1-3-13(20)8-11/h1-8,14-16H,9H2,(H,24,25). The number of alkyl halides is 3. The molecule has 3 unspecified atom stereocenters. The normalized spacial score (nSPS) is 20.8. The number of nitrogens with one attached hydrogen (secondary N) is 1. The molecule has 0 aliphatic heterocycles. The summed E-state index contributed by atoms with van der Waals surface area (Å²) in [7, 11) is 0. The van der Waals surface area contributed by atoms with E-state index >= 15 is 0 Å². The number of carbonyl (C=O) groups is 1. The summed E-state index contributed by atoms with van der Waals surface area (Å²) in [5.74, 6) is -2.79. The van der Waals surface area contributed by atoms with Crippen molar-refractivity contribution in [3.05, 3.63) is 71.3 Å². The van der Waals surface area contributed by atoms with Gasteiger partial charge in [0.25, 0.3) is 0 Å². The van der Waals surface area contributed by atoms with E-state index in [1.807, 2.05) is 5.32 Å². The second-order valence-corrected chi connectivity index (χ2v) is 6.04. The Hall–Kier alpha value is -2.44.